The molecule has 5 nitrogen and oxygen atoms in total. The summed E-state index contributed by atoms with van der Waals surface area (Å²) < 4.78 is 2.33. The molecule has 0 radical (unpaired) electrons. The highest BCUT2D eigenvalue weighted by Crippen LogP contribution is 2.35. The molecule has 1 fully saturated rings. The zero-order valence-corrected chi connectivity index (χ0v) is 17.4. The summed E-state index contributed by atoms with van der Waals surface area (Å²) in [5, 5.41) is 3.00. The number of nitrogens with one attached hydrogen (secondary N) is 1. The van der Waals surface area contributed by atoms with Crippen LogP contribution in [0.2, 0.25) is 0 Å². The summed E-state index contributed by atoms with van der Waals surface area (Å²) >= 11 is 0. The molecule has 0 spiro atoms. The highest BCUT2D eigenvalue weighted by molar-refractivity contribution is 5.94. The summed E-state index contributed by atoms with van der Waals surface area (Å²) in [6, 6.07) is 12.2. The summed E-state index contributed by atoms with van der Waals surface area (Å²) in [4.78, 5) is 21.9. The summed E-state index contributed by atoms with van der Waals surface area (Å²) in [5.41, 5.74) is 3.62. The van der Waals surface area contributed by atoms with E-state index in [4.69, 9.17) is 4.98 Å². The number of fused-ring (bicyclic) bond motifs is 1. The van der Waals surface area contributed by atoms with Gasteiger partial charge in [-0.15, -0.1) is 0 Å². The molecule has 1 aromatic carbocycles. The van der Waals surface area contributed by atoms with Crippen LogP contribution in [0.5, 0.6) is 0 Å². The molecule has 1 aliphatic rings. The third kappa shape index (κ3) is 4.34. The number of imidazole rings is 1. The van der Waals surface area contributed by atoms with Gasteiger partial charge in [0, 0.05) is 29.9 Å². The van der Waals surface area contributed by atoms with E-state index in [-0.39, 0.29) is 5.91 Å². The van der Waals surface area contributed by atoms with Crippen LogP contribution in [0, 0.1) is 5.92 Å². The molecule has 1 N–H and O–H groups in total. The van der Waals surface area contributed by atoms with Crippen LogP contribution < -0.4 is 5.32 Å². The van der Waals surface area contributed by atoms with Crippen molar-refractivity contribution in [1.82, 2.24) is 19.9 Å². The Morgan fingerprint density at radius 1 is 1.14 bits per heavy atom. The maximum absolute atomic E-state index is 12.4. The minimum atomic E-state index is -0.0142. The van der Waals surface area contributed by atoms with E-state index in [1.807, 2.05) is 42.6 Å². The molecule has 29 heavy (non-hydrogen) atoms. The summed E-state index contributed by atoms with van der Waals surface area (Å²) in [5.74, 6) is 1.52. The number of amides is 1. The van der Waals surface area contributed by atoms with Gasteiger partial charge in [-0.2, -0.15) is 0 Å². The summed E-state index contributed by atoms with van der Waals surface area (Å²) in [6.07, 6.45) is 9.00. The second kappa shape index (κ2) is 8.76. The van der Waals surface area contributed by atoms with E-state index in [0.717, 1.165) is 29.0 Å². The van der Waals surface area contributed by atoms with E-state index in [0.29, 0.717) is 24.1 Å². The van der Waals surface area contributed by atoms with E-state index in [9.17, 15) is 4.79 Å². The zero-order chi connectivity index (χ0) is 20.2. The van der Waals surface area contributed by atoms with Gasteiger partial charge in [-0.3, -0.25) is 4.79 Å². The van der Waals surface area contributed by atoms with Crippen molar-refractivity contribution >= 4 is 17.1 Å². The van der Waals surface area contributed by atoms with Crippen LogP contribution in [0.1, 0.15) is 68.8 Å². The lowest BCUT2D eigenvalue weighted by atomic mass is 9.95. The Labute approximate surface area is 172 Å². The van der Waals surface area contributed by atoms with Gasteiger partial charge in [0.1, 0.15) is 11.3 Å². The molecule has 1 aliphatic carbocycles. The van der Waals surface area contributed by atoms with Crippen molar-refractivity contribution in [2.75, 3.05) is 6.54 Å². The molecule has 0 saturated heterocycles. The second-order valence-electron chi connectivity index (χ2n) is 8.46. The standard InChI is InChI=1S/C24H30N4O/c1-17(2)14-16-26-24(29)19-12-10-18(11-13-19)22-27-21-9-6-15-25-23(21)28(22)20-7-4-3-5-8-20/h6,9-13,15,17,20H,3-5,7-8,14,16H2,1-2H3,(H,26,29). The Bertz CT molecular complexity index is 968. The van der Waals surface area contributed by atoms with Crippen molar-refractivity contribution in [3.05, 3.63) is 48.2 Å². The van der Waals surface area contributed by atoms with Crippen LogP contribution in [-0.2, 0) is 0 Å². The quantitative estimate of drug-likeness (QED) is 0.615. The number of hydrogen-bond acceptors (Lipinski definition) is 3. The molecule has 5 heteroatoms. The second-order valence-corrected chi connectivity index (χ2v) is 8.46. The fourth-order valence-electron chi connectivity index (χ4n) is 4.17. The van der Waals surface area contributed by atoms with Crippen molar-refractivity contribution in [2.24, 2.45) is 5.92 Å². The van der Waals surface area contributed by atoms with Gasteiger partial charge in [0.25, 0.3) is 5.91 Å². The van der Waals surface area contributed by atoms with E-state index in [2.05, 4.69) is 28.7 Å². The van der Waals surface area contributed by atoms with Gasteiger partial charge >= 0.3 is 0 Å². The molecule has 152 valence electrons. The summed E-state index contributed by atoms with van der Waals surface area (Å²) in [7, 11) is 0. The van der Waals surface area contributed by atoms with Crippen molar-refractivity contribution in [3.8, 4) is 11.4 Å². The third-order valence-electron chi connectivity index (χ3n) is 5.80. The minimum Gasteiger partial charge on any atom is -0.352 e. The van der Waals surface area contributed by atoms with E-state index < -0.39 is 0 Å². The largest absolute Gasteiger partial charge is 0.352 e. The molecule has 1 saturated carbocycles. The smallest absolute Gasteiger partial charge is 0.251 e. The Balaban J connectivity index is 1.62. The van der Waals surface area contributed by atoms with E-state index >= 15 is 0 Å². The molecule has 2 heterocycles. The van der Waals surface area contributed by atoms with Crippen molar-refractivity contribution in [2.45, 2.75) is 58.4 Å². The molecular weight excluding hydrogens is 360 g/mol. The van der Waals surface area contributed by atoms with Gasteiger partial charge in [0.2, 0.25) is 0 Å². The van der Waals surface area contributed by atoms with Gasteiger partial charge in [-0.1, -0.05) is 45.2 Å². The van der Waals surface area contributed by atoms with E-state index in [1.165, 1.54) is 32.1 Å². The van der Waals surface area contributed by atoms with Crippen molar-refractivity contribution in [1.29, 1.82) is 0 Å². The third-order valence-corrected chi connectivity index (χ3v) is 5.80. The monoisotopic (exact) mass is 390 g/mol. The number of hydrogen-bond donors (Lipinski definition) is 1. The molecular formula is C24H30N4O. The first-order valence-electron chi connectivity index (χ1n) is 10.8. The number of rotatable bonds is 6. The molecule has 0 atom stereocenters. The van der Waals surface area contributed by atoms with Gasteiger partial charge in [-0.05, 0) is 49.4 Å². The Morgan fingerprint density at radius 2 is 1.90 bits per heavy atom. The predicted molar refractivity (Wildman–Crippen MR) is 117 cm³/mol. The first-order valence-corrected chi connectivity index (χ1v) is 10.8. The molecule has 0 aliphatic heterocycles. The highest BCUT2D eigenvalue weighted by atomic mass is 16.1. The molecule has 1 amide bonds. The minimum absolute atomic E-state index is 0.0142. The van der Waals surface area contributed by atoms with Gasteiger partial charge < -0.3 is 9.88 Å². The van der Waals surface area contributed by atoms with Crippen molar-refractivity contribution in [3.63, 3.8) is 0 Å². The Kier molecular flexibility index (Phi) is 5.93. The SMILES string of the molecule is CC(C)CCNC(=O)c1ccc(-c2nc3cccnc3n2C2CCCCC2)cc1. The number of pyridine rings is 1. The molecule has 4 rings (SSSR count). The topological polar surface area (TPSA) is 59.8 Å². The first kappa shape index (κ1) is 19.6. The normalized spacial score (nSPS) is 15.1. The van der Waals surface area contributed by atoms with Crippen molar-refractivity contribution < 1.29 is 4.79 Å². The lowest BCUT2D eigenvalue weighted by Gasteiger charge is -2.25. The number of aromatic nitrogens is 3. The summed E-state index contributed by atoms with van der Waals surface area (Å²) in [6.45, 7) is 5.03. The van der Waals surface area contributed by atoms with Crippen LogP contribution in [0.4, 0.5) is 0 Å². The number of benzene rings is 1. The lowest BCUT2D eigenvalue weighted by molar-refractivity contribution is 0.0952. The molecule has 3 aromatic rings. The van der Waals surface area contributed by atoms with Crippen LogP contribution in [-0.4, -0.2) is 27.0 Å². The number of nitrogens with zero attached hydrogens (tertiary/aromatic N) is 3. The Morgan fingerprint density at radius 3 is 2.62 bits per heavy atom. The Hall–Kier alpha value is -2.69. The average Bonchev–Trinajstić information content (AvgIpc) is 3.14. The average molecular weight is 391 g/mol. The predicted octanol–water partition coefficient (Wildman–Crippen LogP) is 5.38. The molecule has 2 aromatic heterocycles. The highest BCUT2D eigenvalue weighted by Gasteiger charge is 2.23. The molecule has 0 bridgehead atoms. The fraction of sp³-hybridized carbons (Fsp3) is 0.458. The van der Waals surface area contributed by atoms with Crippen LogP contribution in [0.15, 0.2) is 42.6 Å². The maximum atomic E-state index is 12.4. The van der Waals surface area contributed by atoms with E-state index in [1.54, 1.807) is 0 Å². The number of carbonyl (C=O) groups excluding carboxylic acids is 1. The lowest BCUT2D eigenvalue weighted by Crippen LogP contribution is -2.25. The van der Waals surface area contributed by atoms with Gasteiger partial charge in [0.15, 0.2) is 5.65 Å². The zero-order valence-electron chi connectivity index (χ0n) is 17.4. The number of carbonyl (C=O) groups is 1. The van der Waals surface area contributed by atoms with Crippen LogP contribution >= 0.6 is 0 Å². The first-order chi connectivity index (χ1) is 14.1. The maximum Gasteiger partial charge on any atom is 0.251 e. The van der Waals surface area contributed by atoms with Gasteiger partial charge in [-0.25, -0.2) is 9.97 Å². The fourth-order valence-corrected chi connectivity index (χ4v) is 4.17. The molecule has 0 unspecified atom stereocenters. The van der Waals surface area contributed by atoms with Crippen LogP contribution in [0.3, 0.4) is 0 Å². The van der Waals surface area contributed by atoms with Gasteiger partial charge in [0.05, 0.1) is 0 Å². The van der Waals surface area contributed by atoms with Crippen LogP contribution in [0.25, 0.3) is 22.6 Å².